The van der Waals surface area contributed by atoms with Gasteiger partial charge in [0.25, 0.3) is 0 Å². The van der Waals surface area contributed by atoms with Crippen LogP contribution in [-0.4, -0.2) is 21.5 Å². The second-order valence-electron chi connectivity index (χ2n) is 3.21. The molecule has 0 saturated carbocycles. The van der Waals surface area contributed by atoms with Crippen LogP contribution in [0.4, 0.5) is 13.2 Å². The minimum atomic E-state index is -4.19. The molecule has 0 atom stereocenters. The Kier molecular flexibility index (Phi) is 6.61. The summed E-state index contributed by atoms with van der Waals surface area (Å²) in [4.78, 5) is -0.923. The number of rotatable bonds is 5. The Morgan fingerprint density at radius 2 is 1.78 bits per heavy atom. The quantitative estimate of drug-likeness (QED) is 0.633. The molecule has 0 saturated heterocycles. The van der Waals surface area contributed by atoms with Gasteiger partial charge in [0.1, 0.15) is 4.90 Å². The molecule has 0 spiro atoms. The zero-order valence-electron chi connectivity index (χ0n) is 9.12. The topological polar surface area (TPSA) is 72.2 Å². The van der Waals surface area contributed by atoms with Crippen molar-refractivity contribution in [1.82, 2.24) is 4.72 Å². The van der Waals surface area contributed by atoms with E-state index in [1.54, 1.807) is 0 Å². The van der Waals surface area contributed by atoms with Crippen molar-refractivity contribution in [1.29, 1.82) is 0 Å². The first-order chi connectivity index (χ1) is 7.90. The number of halogens is 4. The largest absolute Gasteiger partial charge is 0.330 e. The van der Waals surface area contributed by atoms with E-state index in [9.17, 15) is 21.6 Å². The molecular formula is C9H12ClF3N2O2S. The maximum absolute atomic E-state index is 13.2. The molecule has 0 heterocycles. The van der Waals surface area contributed by atoms with Gasteiger partial charge in [-0.2, -0.15) is 0 Å². The van der Waals surface area contributed by atoms with Crippen LogP contribution in [0.5, 0.6) is 0 Å². The lowest BCUT2D eigenvalue weighted by Crippen LogP contribution is -2.27. The van der Waals surface area contributed by atoms with E-state index in [-0.39, 0.29) is 25.5 Å². The summed E-state index contributed by atoms with van der Waals surface area (Å²) in [5, 5.41) is 0. The predicted molar refractivity (Wildman–Crippen MR) is 62.4 cm³/mol. The van der Waals surface area contributed by atoms with E-state index < -0.39 is 32.4 Å². The van der Waals surface area contributed by atoms with Gasteiger partial charge in [-0.1, -0.05) is 0 Å². The van der Waals surface area contributed by atoms with Gasteiger partial charge in [0.15, 0.2) is 17.5 Å². The van der Waals surface area contributed by atoms with E-state index in [2.05, 4.69) is 0 Å². The van der Waals surface area contributed by atoms with Crippen molar-refractivity contribution < 1.29 is 21.6 Å². The second-order valence-corrected chi connectivity index (χ2v) is 4.95. The normalized spacial score (nSPS) is 11.1. The van der Waals surface area contributed by atoms with Crippen molar-refractivity contribution in [2.24, 2.45) is 5.73 Å². The lowest BCUT2D eigenvalue weighted by atomic mass is 10.3. The first kappa shape index (κ1) is 17.2. The molecule has 0 fully saturated rings. The third kappa shape index (κ3) is 3.84. The summed E-state index contributed by atoms with van der Waals surface area (Å²) in [5.41, 5.74) is 5.15. The van der Waals surface area contributed by atoms with Gasteiger partial charge in [0, 0.05) is 6.54 Å². The highest BCUT2D eigenvalue weighted by molar-refractivity contribution is 7.89. The summed E-state index contributed by atoms with van der Waals surface area (Å²) in [5.74, 6) is -4.99. The number of hydrogen-bond donors (Lipinski definition) is 2. The SMILES string of the molecule is Cl.NCCCNS(=O)(=O)c1ccc(F)c(F)c1F. The van der Waals surface area contributed by atoms with Crippen LogP contribution in [0.25, 0.3) is 0 Å². The lowest BCUT2D eigenvalue weighted by Gasteiger charge is -2.07. The van der Waals surface area contributed by atoms with Crippen molar-refractivity contribution in [2.45, 2.75) is 11.3 Å². The summed E-state index contributed by atoms with van der Waals surface area (Å²) < 4.78 is 63.7. The summed E-state index contributed by atoms with van der Waals surface area (Å²) in [7, 11) is -4.19. The van der Waals surface area contributed by atoms with Crippen LogP contribution in [-0.2, 0) is 10.0 Å². The summed E-state index contributed by atoms with van der Waals surface area (Å²) >= 11 is 0. The van der Waals surface area contributed by atoms with Crippen molar-refractivity contribution >= 4 is 22.4 Å². The highest BCUT2D eigenvalue weighted by Crippen LogP contribution is 2.19. The van der Waals surface area contributed by atoms with Gasteiger partial charge < -0.3 is 5.73 Å². The molecule has 0 amide bonds. The van der Waals surface area contributed by atoms with Gasteiger partial charge in [0.05, 0.1) is 0 Å². The Hall–Kier alpha value is -0.830. The maximum Gasteiger partial charge on any atom is 0.243 e. The molecule has 1 aromatic rings. The molecule has 9 heteroatoms. The molecule has 0 aliphatic heterocycles. The van der Waals surface area contributed by atoms with E-state index in [1.807, 2.05) is 4.72 Å². The number of benzene rings is 1. The highest BCUT2D eigenvalue weighted by atomic mass is 35.5. The molecule has 0 unspecified atom stereocenters. The molecule has 1 aromatic carbocycles. The average molecular weight is 305 g/mol. The molecule has 0 bridgehead atoms. The first-order valence-electron chi connectivity index (χ1n) is 4.73. The minimum Gasteiger partial charge on any atom is -0.330 e. The van der Waals surface area contributed by atoms with Gasteiger partial charge in [-0.15, -0.1) is 12.4 Å². The van der Waals surface area contributed by atoms with Crippen LogP contribution in [0.15, 0.2) is 17.0 Å². The molecule has 0 aromatic heterocycles. The molecule has 0 aliphatic rings. The Labute approximate surface area is 109 Å². The van der Waals surface area contributed by atoms with Gasteiger partial charge in [-0.25, -0.2) is 26.3 Å². The molecule has 3 N–H and O–H groups in total. The van der Waals surface area contributed by atoms with Crippen molar-refractivity contribution in [3.63, 3.8) is 0 Å². The third-order valence-corrected chi connectivity index (χ3v) is 3.44. The van der Waals surface area contributed by atoms with Crippen molar-refractivity contribution in [3.8, 4) is 0 Å². The van der Waals surface area contributed by atoms with Crippen molar-refractivity contribution in [3.05, 3.63) is 29.6 Å². The fourth-order valence-corrected chi connectivity index (χ4v) is 2.24. The molecule has 0 radical (unpaired) electrons. The minimum absolute atomic E-state index is 0. The monoisotopic (exact) mass is 304 g/mol. The Bertz CT molecular complexity index is 511. The van der Waals surface area contributed by atoms with E-state index in [4.69, 9.17) is 5.73 Å². The summed E-state index contributed by atoms with van der Waals surface area (Å²) in [6, 6.07) is 1.22. The van der Waals surface area contributed by atoms with Crippen LogP contribution in [0.1, 0.15) is 6.42 Å². The van der Waals surface area contributed by atoms with Crippen molar-refractivity contribution in [2.75, 3.05) is 13.1 Å². The Morgan fingerprint density at radius 3 is 2.33 bits per heavy atom. The maximum atomic E-state index is 13.2. The van der Waals surface area contributed by atoms with E-state index in [1.165, 1.54) is 0 Å². The van der Waals surface area contributed by atoms with Gasteiger partial charge >= 0.3 is 0 Å². The van der Waals surface area contributed by atoms with E-state index in [0.717, 1.165) is 0 Å². The van der Waals surface area contributed by atoms with Crippen LogP contribution < -0.4 is 10.5 Å². The van der Waals surface area contributed by atoms with Gasteiger partial charge in [-0.05, 0) is 25.1 Å². The summed E-state index contributed by atoms with van der Waals surface area (Å²) in [6.45, 7) is 0.250. The number of hydrogen-bond acceptors (Lipinski definition) is 3. The lowest BCUT2D eigenvalue weighted by molar-refractivity contribution is 0.431. The molecule has 18 heavy (non-hydrogen) atoms. The predicted octanol–water partition coefficient (Wildman–Crippen LogP) is 1.15. The van der Waals surface area contributed by atoms with Gasteiger partial charge in [-0.3, -0.25) is 0 Å². The van der Waals surface area contributed by atoms with Crippen LogP contribution in [0.2, 0.25) is 0 Å². The molecule has 1 rings (SSSR count). The Balaban J connectivity index is 0.00000289. The average Bonchev–Trinajstić information content (AvgIpc) is 2.26. The molecule has 104 valence electrons. The smallest absolute Gasteiger partial charge is 0.243 e. The van der Waals surface area contributed by atoms with Gasteiger partial charge in [0.2, 0.25) is 10.0 Å². The van der Waals surface area contributed by atoms with Crippen LogP contribution in [0, 0.1) is 17.5 Å². The molecular weight excluding hydrogens is 293 g/mol. The number of sulfonamides is 1. The zero-order chi connectivity index (χ0) is 13.1. The van der Waals surface area contributed by atoms with Crippen LogP contribution in [0.3, 0.4) is 0 Å². The summed E-state index contributed by atoms with van der Waals surface area (Å²) in [6.07, 6.45) is 0.352. The number of nitrogens with one attached hydrogen (secondary N) is 1. The zero-order valence-corrected chi connectivity index (χ0v) is 10.8. The highest BCUT2D eigenvalue weighted by Gasteiger charge is 2.23. The van der Waals surface area contributed by atoms with E-state index in [0.29, 0.717) is 18.6 Å². The first-order valence-corrected chi connectivity index (χ1v) is 6.21. The Morgan fingerprint density at radius 1 is 1.17 bits per heavy atom. The fourth-order valence-electron chi connectivity index (χ4n) is 1.10. The van der Waals surface area contributed by atoms with Crippen LogP contribution >= 0.6 is 12.4 Å². The fraction of sp³-hybridized carbons (Fsp3) is 0.333. The van der Waals surface area contributed by atoms with E-state index >= 15 is 0 Å². The molecule has 4 nitrogen and oxygen atoms in total. The second kappa shape index (κ2) is 6.93. The standard InChI is InChI=1S/C9H11F3N2O2S.ClH/c10-6-2-3-7(9(12)8(6)11)17(15,16)14-5-1-4-13;/h2-3,14H,1,4-5,13H2;1H. The number of nitrogens with two attached hydrogens (primary N) is 1. The third-order valence-electron chi connectivity index (χ3n) is 1.96. The molecule has 0 aliphatic carbocycles.